The normalized spacial score (nSPS) is 24.0. The van der Waals surface area contributed by atoms with E-state index in [1.165, 1.54) is 4.90 Å². The monoisotopic (exact) mass is 333 g/mol. The molecule has 1 N–H and O–H groups in total. The summed E-state index contributed by atoms with van der Waals surface area (Å²) in [5, 5.41) is 10.9. The molecular weight excluding hydrogens is 318 g/mol. The fraction of sp³-hybridized carbons (Fsp3) is 0.429. The van der Waals surface area contributed by atoms with Crippen LogP contribution in [0.3, 0.4) is 0 Å². The summed E-state index contributed by atoms with van der Waals surface area (Å²) < 4.78 is 6.94. The lowest BCUT2D eigenvalue weighted by atomic mass is 9.99. The van der Waals surface area contributed by atoms with Crippen molar-refractivity contribution in [2.24, 2.45) is 7.05 Å². The number of urea groups is 1. The van der Waals surface area contributed by atoms with Gasteiger partial charge >= 0.3 is 6.03 Å². The Labute approximate surface area is 136 Å². The van der Waals surface area contributed by atoms with E-state index >= 15 is 0 Å². The molecule has 2 aromatic heterocycles. The van der Waals surface area contributed by atoms with Crippen molar-refractivity contribution >= 4 is 23.7 Å². The first-order chi connectivity index (χ1) is 11.1. The van der Waals surface area contributed by atoms with E-state index < -0.39 is 5.54 Å². The first-order valence-electron chi connectivity index (χ1n) is 7.24. The fourth-order valence-corrected chi connectivity index (χ4v) is 4.21. The molecule has 1 atom stereocenters. The van der Waals surface area contributed by atoms with Gasteiger partial charge in [-0.25, -0.2) is 4.79 Å². The highest BCUT2D eigenvalue weighted by Crippen LogP contribution is 2.34. The number of carbonyl (C=O) groups excluding carboxylic acids is 2. The van der Waals surface area contributed by atoms with Gasteiger partial charge in [-0.15, -0.1) is 0 Å². The molecule has 8 nitrogen and oxygen atoms in total. The van der Waals surface area contributed by atoms with Crippen LogP contribution in [-0.4, -0.2) is 48.8 Å². The summed E-state index contributed by atoms with van der Waals surface area (Å²) in [6, 6.07) is 1.36. The van der Waals surface area contributed by atoms with Gasteiger partial charge in [0.15, 0.2) is 5.76 Å². The second kappa shape index (κ2) is 5.12. The molecule has 9 heteroatoms. The molecule has 120 valence electrons. The highest BCUT2D eigenvalue weighted by molar-refractivity contribution is 7.99. The van der Waals surface area contributed by atoms with E-state index in [9.17, 15) is 9.59 Å². The van der Waals surface area contributed by atoms with Gasteiger partial charge in [-0.05, 0) is 12.2 Å². The predicted octanol–water partition coefficient (Wildman–Crippen LogP) is 1.00. The molecule has 0 saturated carbocycles. The van der Waals surface area contributed by atoms with Crippen LogP contribution in [0.2, 0.25) is 0 Å². The number of aromatic nitrogens is 3. The predicted molar refractivity (Wildman–Crippen MR) is 82.5 cm³/mol. The smallest absolute Gasteiger partial charge is 0.325 e. The number of carbonyl (C=O) groups is 2. The zero-order chi connectivity index (χ0) is 16.0. The number of thioether (sulfide) groups is 1. The van der Waals surface area contributed by atoms with Gasteiger partial charge in [0.25, 0.3) is 5.91 Å². The van der Waals surface area contributed by atoms with Crippen LogP contribution < -0.4 is 5.32 Å². The maximum Gasteiger partial charge on any atom is 0.325 e. The van der Waals surface area contributed by atoms with Crippen LogP contribution in [-0.2, 0) is 18.4 Å². The molecule has 2 aliphatic rings. The van der Waals surface area contributed by atoms with Crippen LogP contribution in [0.4, 0.5) is 4.79 Å². The van der Waals surface area contributed by atoms with Crippen molar-refractivity contribution in [3.63, 3.8) is 0 Å². The molecule has 0 bridgehead atoms. The van der Waals surface area contributed by atoms with E-state index in [1.54, 1.807) is 28.7 Å². The Morgan fingerprint density at radius 3 is 3.04 bits per heavy atom. The van der Waals surface area contributed by atoms with Crippen LogP contribution in [0.15, 0.2) is 23.0 Å². The van der Waals surface area contributed by atoms with E-state index in [2.05, 4.69) is 15.6 Å². The Bertz CT molecular complexity index is 777. The number of rotatable bonds is 3. The zero-order valence-corrected chi connectivity index (χ0v) is 13.3. The number of hydrogen-bond acceptors (Lipinski definition) is 6. The van der Waals surface area contributed by atoms with Crippen molar-refractivity contribution in [1.82, 2.24) is 25.2 Å². The number of imide groups is 1. The second-order valence-electron chi connectivity index (χ2n) is 5.79. The molecule has 2 aliphatic heterocycles. The Hall–Kier alpha value is -2.29. The molecule has 3 amide bonds. The van der Waals surface area contributed by atoms with Crippen LogP contribution in [0.25, 0.3) is 11.3 Å². The van der Waals surface area contributed by atoms with Crippen molar-refractivity contribution in [2.75, 3.05) is 11.5 Å². The van der Waals surface area contributed by atoms with Crippen LogP contribution >= 0.6 is 11.8 Å². The van der Waals surface area contributed by atoms with Crippen molar-refractivity contribution in [2.45, 2.75) is 18.5 Å². The van der Waals surface area contributed by atoms with Gasteiger partial charge in [0.1, 0.15) is 11.2 Å². The lowest BCUT2D eigenvalue weighted by Crippen LogP contribution is -2.46. The van der Waals surface area contributed by atoms with E-state index in [-0.39, 0.29) is 18.5 Å². The van der Waals surface area contributed by atoms with Crippen LogP contribution in [0.1, 0.15) is 12.2 Å². The average Bonchev–Trinajstić information content (AvgIpc) is 3.26. The van der Waals surface area contributed by atoms with Crippen LogP contribution in [0.5, 0.6) is 0 Å². The number of amides is 3. The second-order valence-corrected chi connectivity index (χ2v) is 6.89. The van der Waals surface area contributed by atoms with Crippen LogP contribution in [0, 0.1) is 0 Å². The topological polar surface area (TPSA) is 93.3 Å². The molecule has 23 heavy (non-hydrogen) atoms. The van der Waals surface area contributed by atoms with E-state index in [0.717, 1.165) is 11.3 Å². The molecule has 1 unspecified atom stereocenters. The molecule has 2 aromatic rings. The SMILES string of the molecule is Cn1cc(-c2cc(CN3C(=O)NC4(CCSC4)C3=O)on2)cn1. The third kappa shape index (κ3) is 2.31. The first-order valence-corrected chi connectivity index (χ1v) is 8.39. The molecule has 0 radical (unpaired) electrons. The van der Waals surface area contributed by atoms with Gasteiger partial charge in [-0.3, -0.25) is 14.4 Å². The molecule has 0 aromatic carbocycles. The van der Waals surface area contributed by atoms with Crippen molar-refractivity contribution in [3.05, 3.63) is 24.2 Å². The Morgan fingerprint density at radius 2 is 2.35 bits per heavy atom. The van der Waals surface area contributed by atoms with E-state index in [4.69, 9.17) is 4.52 Å². The van der Waals surface area contributed by atoms with Crippen molar-refractivity contribution < 1.29 is 14.1 Å². The quantitative estimate of drug-likeness (QED) is 0.843. The lowest BCUT2D eigenvalue weighted by Gasteiger charge is -2.18. The third-order valence-corrected chi connectivity index (χ3v) is 5.33. The minimum absolute atomic E-state index is 0.0876. The highest BCUT2D eigenvalue weighted by atomic mass is 32.2. The highest BCUT2D eigenvalue weighted by Gasteiger charge is 2.53. The summed E-state index contributed by atoms with van der Waals surface area (Å²) >= 11 is 1.68. The van der Waals surface area contributed by atoms with Gasteiger partial charge in [0.2, 0.25) is 0 Å². The number of aryl methyl sites for hydroxylation is 1. The van der Waals surface area contributed by atoms with Gasteiger partial charge in [0, 0.05) is 30.6 Å². The number of nitrogens with zero attached hydrogens (tertiary/aromatic N) is 4. The maximum atomic E-state index is 12.6. The molecular formula is C14H15N5O3S. The molecule has 2 fully saturated rings. The third-order valence-electron chi connectivity index (χ3n) is 4.14. The molecule has 0 aliphatic carbocycles. The Balaban J connectivity index is 1.53. The Morgan fingerprint density at radius 1 is 1.48 bits per heavy atom. The summed E-state index contributed by atoms with van der Waals surface area (Å²) in [4.78, 5) is 25.9. The fourth-order valence-electron chi connectivity index (χ4n) is 2.88. The summed E-state index contributed by atoms with van der Waals surface area (Å²) in [6.45, 7) is 0.0876. The zero-order valence-electron chi connectivity index (χ0n) is 12.5. The van der Waals surface area contributed by atoms with Gasteiger partial charge in [0.05, 0.1) is 12.7 Å². The summed E-state index contributed by atoms with van der Waals surface area (Å²) in [5.41, 5.74) is 0.725. The standard InChI is InChI=1S/C14H15N5O3S/c1-18-6-9(5-15-18)11-4-10(22-17-11)7-19-12(20)14(16-13(19)21)2-3-23-8-14/h4-6H,2-3,7-8H2,1H3,(H,16,21). The number of nitrogens with one attached hydrogen (secondary N) is 1. The summed E-state index contributed by atoms with van der Waals surface area (Å²) in [7, 11) is 1.82. The van der Waals surface area contributed by atoms with E-state index in [1.807, 2.05) is 13.2 Å². The molecule has 2 saturated heterocycles. The minimum atomic E-state index is -0.728. The van der Waals surface area contributed by atoms with Gasteiger partial charge in [-0.1, -0.05) is 5.16 Å². The molecule has 4 rings (SSSR count). The van der Waals surface area contributed by atoms with Gasteiger partial charge < -0.3 is 9.84 Å². The first kappa shape index (κ1) is 14.3. The molecule has 4 heterocycles. The minimum Gasteiger partial charge on any atom is -0.359 e. The Kier molecular flexibility index (Phi) is 3.19. The number of hydrogen-bond donors (Lipinski definition) is 1. The largest absolute Gasteiger partial charge is 0.359 e. The average molecular weight is 333 g/mol. The van der Waals surface area contributed by atoms with Gasteiger partial charge in [-0.2, -0.15) is 16.9 Å². The van der Waals surface area contributed by atoms with Crippen molar-refractivity contribution in [1.29, 1.82) is 0 Å². The maximum absolute atomic E-state index is 12.6. The lowest BCUT2D eigenvalue weighted by molar-refractivity contribution is -0.131. The van der Waals surface area contributed by atoms with E-state index in [0.29, 0.717) is 23.6 Å². The summed E-state index contributed by atoms with van der Waals surface area (Å²) in [6.07, 6.45) is 4.18. The molecule has 1 spiro atoms. The summed E-state index contributed by atoms with van der Waals surface area (Å²) in [5.74, 6) is 1.81. The van der Waals surface area contributed by atoms with Crippen molar-refractivity contribution in [3.8, 4) is 11.3 Å².